The number of benzene rings is 1. The van der Waals surface area contributed by atoms with Crippen molar-refractivity contribution in [2.75, 3.05) is 17.7 Å². The van der Waals surface area contributed by atoms with Crippen LogP contribution in [0.2, 0.25) is 0 Å². The molecule has 3 heterocycles. The van der Waals surface area contributed by atoms with E-state index >= 15 is 0 Å². The topological polar surface area (TPSA) is 90.9 Å². The van der Waals surface area contributed by atoms with Gasteiger partial charge in [0.25, 0.3) is 0 Å². The number of ether oxygens (including phenoxy) is 1. The van der Waals surface area contributed by atoms with E-state index in [-0.39, 0.29) is 0 Å². The van der Waals surface area contributed by atoms with Gasteiger partial charge in [-0.25, -0.2) is 15.0 Å². The molecule has 0 saturated heterocycles. The standard InChI is InChI=1S/C22H24N6O/c1-28-11-10-24-20(28)3-2-12-29-21-13-16(6-8-25-21)15-27-18-4-5-19-17(14-18)7-9-26-22(19)23/h4-11,13-14,27H,2-3,12,15H2,1H3,(H2,23,26). The van der Waals surface area contributed by atoms with Gasteiger partial charge in [0.1, 0.15) is 11.6 Å². The second kappa shape index (κ2) is 8.60. The van der Waals surface area contributed by atoms with Gasteiger partial charge in [-0.3, -0.25) is 0 Å². The molecule has 0 spiro atoms. The molecule has 0 unspecified atom stereocenters. The summed E-state index contributed by atoms with van der Waals surface area (Å²) in [5.41, 5.74) is 8.05. The summed E-state index contributed by atoms with van der Waals surface area (Å²) in [6.07, 6.45) is 9.04. The highest BCUT2D eigenvalue weighted by atomic mass is 16.5. The highest BCUT2D eigenvalue weighted by Crippen LogP contribution is 2.23. The molecule has 3 aromatic heterocycles. The van der Waals surface area contributed by atoms with E-state index in [0.29, 0.717) is 24.8 Å². The number of fused-ring (bicyclic) bond motifs is 1. The maximum absolute atomic E-state index is 5.92. The minimum absolute atomic E-state index is 0.549. The molecule has 0 aliphatic heterocycles. The third kappa shape index (κ3) is 4.63. The molecule has 0 saturated carbocycles. The van der Waals surface area contributed by atoms with Crippen molar-refractivity contribution in [1.82, 2.24) is 19.5 Å². The molecule has 7 heteroatoms. The lowest BCUT2D eigenvalue weighted by atomic mass is 10.1. The summed E-state index contributed by atoms with van der Waals surface area (Å²) in [6.45, 7) is 1.29. The van der Waals surface area contributed by atoms with Gasteiger partial charge in [-0.1, -0.05) is 0 Å². The molecule has 4 aromatic rings. The summed E-state index contributed by atoms with van der Waals surface area (Å²) in [4.78, 5) is 12.8. The van der Waals surface area contributed by atoms with Gasteiger partial charge in [0.2, 0.25) is 5.88 Å². The lowest BCUT2D eigenvalue weighted by molar-refractivity contribution is 0.297. The van der Waals surface area contributed by atoms with Crippen LogP contribution < -0.4 is 15.8 Å². The third-order valence-electron chi connectivity index (χ3n) is 4.81. The number of pyridine rings is 2. The molecule has 0 radical (unpaired) electrons. The smallest absolute Gasteiger partial charge is 0.213 e. The SMILES string of the molecule is Cn1ccnc1CCCOc1cc(CNc2ccc3c(N)nccc3c2)ccn1. The molecule has 0 aliphatic rings. The monoisotopic (exact) mass is 388 g/mol. The summed E-state index contributed by atoms with van der Waals surface area (Å²) in [5.74, 6) is 2.25. The van der Waals surface area contributed by atoms with E-state index < -0.39 is 0 Å². The Hall–Kier alpha value is -3.61. The minimum atomic E-state index is 0.549. The Morgan fingerprint density at radius 2 is 1.93 bits per heavy atom. The van der Waals surface area contributed by atoms with Gasteiger partial charge in [-0.05, 0) is 47.7 Å². The molecule has 0 aliphatic carbocycles. The Bertz CT molecular complexity index is 1110. The largest absolute Gasteiger partial charge is 0.478 e. The Kier molecular flexibility index (Phi) is 5.56. The van der Waals surface area contributed by atoms with Gasteiger partial charge < -0.3 is 20.4 Å². The van der Waals surface area contributed by atoms with E-state index in [1.807, 2.05) is 54.3 Å². The van der Waals surface area contributed by atoms with Crippen LogP contribution in [0.3, 0.4) is 0 Å². The van der Waals surface area contributed by atoms with Crippen LogP contribution in [0.5, 0.6) is 5.88 Å². The number of hydrogen-bond acceptors (Lipinski definition) is 6. The first-order chi connectivity index (χ1) is 14.2. The van der Waals surface area contributed by atoms with Gasteiger partial charge in [-0.2, -0.15) is 0 Å². The van der Waals surface area contributed by atoms with Gasteiger partial charge in [0, 0.05) is 61.9 Å². The van der Waals surface area contributed by atoms with E-state index in [9.17, 15) is 0 Å². The Labute approximate surface area is 169 Å². The van der Waals surface area contributed by atoms with Crippen molar-refractivity contribution in [2.45, 2.75) is 19.4 Å². The van der Waals surface area contributed by atoms with Crippen molar-refractivity contribution < 1.29 is 4.74 Å². The van der Waals surface area contributed by atoms with Gasteiger partial charge in [0.05, 0.1) is 6.61 Å². The first-order valence-electron chi connectivity index (χ1n) is 9.61. The first kappa shape index (κ1) is 18.7. The second-order valence-electron chi connectivity index (χ2n) is 6.89. The van der Waals surface area contributed by atoms with Crippen LogP contribution in [0.25, 0.3) is 10.8 Å². The lowest BCUT2D eigenvalue weighted by Crippen LogP contribution is -2.05. The van der Waals surface area contributed by atoms with Crippen molar-refractivity contribution >= 4 is 22.3 Å². The molecule has 3 N–H and O–H groups in total. The Morgan fingerprint density at radius 1 is 1.03 bits per heavy atom. The number of hydrogen-bond donors (Lipinski definition) is 2. The third-order valence-corrected chi connectivity index (χ3v) is 4.81. The molecule has 1 aromatic carbocycles. The zero-order valence-corrected chi connectivity index (χ0v) is 16.4. The summed E-state index contributed by atoms with van der Waals surface area (Å²) >= 11 is 0. The molecular formula is C22H24N6O. The van der Waals surface area contributed by atoms with Crippen molar-refractivity contribution in [2.24, 2.45) is 7.05 Å². The fourth-order valence-electron chi connectivity index (χ4n) is 3.20. The van der Waals surface area contributed by atoms with Crippen LogP contribution in [0, 0.1) is 0 Å². The molecule has 0 bridgehead atoms. The average molecular weight is 388 g/mol. The fraction of sp³-hybridized carbons (Fsp3) is 0.227. The van der Waals surface area contributed by atoms with Crippen molar-refractivity contribution in [3.8, 4) is 5.88 Å². The molecule has 148 valence electrons. The predicted octanol–water partition coefficient (Wildman–Crippen LogP) is 3.57. The van der Waals surface area contributed by atoms with Crippen LogP contribution in [0.4, 0.5) is 11.5 Å². The average Bonchev–Trinajstić information content (AvgIpc) is 3.15. The highest BCUT2D eigenvalue weighted by Gasteiger charge is 2.03. The first-order valence-corrected chi connectivity index (χ1v) is 9.61. The van der Waals surface area contributed by atoms with Crippen LogP contribution in [-0.2, 0) is 20.0 Å². The number of nitrogens with one attached hydrogen (secondary N) is 1. The summed E-state index contributed by atoms with van der Waals surface area (Å²) < 4.78 is 7.84. The van der Waals surface area contributed by atoms with E-state index in [4.69, 9.17) is 10.5 Å². The number of rotatable bonds is 8. The molecule has 0 atom stereocenters. The van der Waals surface area contributed by atoms with Crippen LogP contribution in [0.1, 0.15) is 17.8 Å². The molecule has 4 rings (SSSR count). The van der Waals surface area contributed by atoms with E-state index in [1.54, 1.807) is 12.4 Å². The number of nitrogen functional groups attached to an aromatic ring is 1. The van der Waals surface area contributed by atoms with Gasteiger partial charge in [0.15, 0.2) is 0 Å². The van der Waals surface area contributed by atoms with Crippen molar-refractivity contribution in [1.29, 1.82) is 0 Å². The van der Waals surface area contributed by atoms with Crippen LogP contribution in [0.15, 0.2) is 61.2 Å². The number of aryl methyl sites for hydroxylation is 2. The molecule has 29 heavy (non-hydrogen) atoms. The molecular weight excluding hydrogens is 364 g/mol. The van der Waals surface area contributed by atoms with Gasteiger partial charge >= 0.3 is 0 Å². The maximum Gasteiger partial charge on any atom is 0.213 e. The highest BCUT2D eigenvalue weighted by molar-refractivity contribution is 5.92. The van der Waals surface area contributed by atoms with Gasteiger partial charge in [-0.15, -0.1) is 0 Å². The molecule has 0 amide bonds. The number of aromatic nitrogens is 4. The fourth-order valence-corrected chi connectivity index (χ4v) is 3.20. The summed E-state index contributed by atoms with van der Waals surface area (Å²) in [5, 5.41) is 5.46. The van der Waals surface area contributed by atoms with Crippen LogP contribution in [-0.4, -0.2) is 26.1 Å². The predicted molar refractivity (Wildman–Crippen MR) is 115 cm³/mol. The summed E-state index contributed by atoms with van der Waals surface area (Å²) in [6, 6.07) is 12.0. The Morgan fingerprint density at radius 3 is 2.79 bits per heavy atom. The number of imidazole rings is 1. The molecule has 0 fully saturated rings. The second-order valence-corrected chi connectivity index (χ2v) is 6.89. The number of anilines is 2. The Balaban J connectivity index is 1.31. The summed E-state index contributed by atoms with van der Waals surface area (Å²) in [7, 11) is 2.00. The quantitative estimate of drug-likeness (QED) is 0.449. The molecule has 7 nitrogen and oxygen atoms in total. The number of nitrogens with two attached hydrogens (primary N) is 1. The normalized spacial score (nSPS) is 10.9. The number of nitrogens with zero attached hydrogens (tertiary/aromatic N) is 4. The van der Waals surface area contributed by atoms with Crippen LogP contribution >= 0.6 is 0 Å². The maximum atomic E-state index is 5.92. The van der Waals surface area contributed by atoms with E-state index in [2.05, 4.69) is 26.3 Å². The van der Waals surface area contributed by atoms with Crippen molar-refractivity contribution in [3.05, 3.63) is 72.6 Å². The zero-order valence-electron chi connectivity index (χ0n) is 16.4. The van der Waals surface area contributed by atoms with E-state index in [1.165, 1.54) is 0 Å². The lowest BCUT2D eigenvalue weighted by Gasteiger charge is -2.10. The van der Waals surface area contributed by atoms with Crippen molar-refractivity contribution in [3.63, 3.8) is 0 Å². The van der Waals surface area contributed by atoms with E-state index in [0.717, 1.165) is 40.7 Å². The zero-order chi connectivity index (χ0) is 20.1. The minimum Gasteiger partial charge on any atom is -0.478 e.